The normalized spacial score (nSPS) is 21.3. The number of amides is 1. The van der Waals surface area contributed by atoms with Crippen LogP contribution >= 0.6 is 0 Å². The van der Waals surface area contributed by atoms with Crippen LogP contribution in [0, 0.1) is 5.92 Å². The van der Waals surface area contributed by atoms with Gasteiger partial charge in [0.2, 0.25) is 5.91 Å². The molecule has 1 unspecified atom stereocenters. The summed E-state index contributed by atoms with van der Waals surface area (Å²) in [5, 5.41) is 0. The van der Waals surface area contributed by atoms with Crippen LogP contribution < -0.4 is 5.73 Å². The lowest BCUT2D eigenvalue weighted by Crippen LogP contribution is -2.46. The Morgan fingerprint density at radius 1 is 1.47 bits per heavy atom. The van der Waals surface area contributed by atoms with Crippen molar-refractivity contribution in [1.29, 1.82) is 0 Å². The van der Waals surface area contributed by atoms with E-state index in [9.17, 15) is 18.0 Å². The van der Waals surface area contributed by atoms with Gasteiger partial charge in [-0.3, -0.25) is 4.79 Å². The van der Waals surface area contributed by atoms with Crippen molar-refractivity contribution in [2.45, 2.75) is 19.0 Å². The summed E-state index contributed by atoms with van der Waals surface area (Å²) in [6, 6.07) is 0. The van der Waals surface area contributed by atoms with Gasteiger partial charge in [-0.05, 0) is 12.8 Å². The molecule has 1 amide bonds. The van der Waals surface area contributed by atoms with E-state index in [4.69, 9.17) is 10.5 Å². The van der Waals surface area contributed by atoms with Crippen molar-refractivity contribution in [2.24, 2.45) is 11.7 Å². The van der Waals surface area contributed by atoms with Crippen molar-refractivity contribution in [2.75, 3.05) is 32.8 Å². The Morgan fingerprint density at radius 2 is 2.18 bits per heavy atom. The van der Waals surface area contributed by atoms with Gasteiger partial charge in [-0.2, -0.15) is 13.2 Å². The minimum Gasteiger partial charge on any atom is -0.381 e. The Hall–Kier alpha value is -0.820. The minimum atomic E-state index is -4.39. The summed E-state index contributed by atoms with van der Waals surface area (Å²) >= 11 is 0. The van der Waals surface area contributed by atoms with Crippen LogP contribution in [0.5, 0.6) is 0 Å². The quantitative estimate of drug-likeness (QED) is 0.806. The molecule has 1 rings (SSSR count). The third kappa shape index (κ3) is 4.91. The van der Waals surface area contributed by atoms with Gasteiger partial charge in [0.05, 0.1) is 12.5 Å². The molecule has 7 heteroatoms. The minimum absolute atomic E-state index is 0.0232. The average molecular weight is 254 g/mol. The van der Waals surface area contributed by atoms with Crippen LogP contribution in [0.25, 0.3) is 0 Å². The van der Waals surface area contributed by atoms with Crippen LogP contribution in [0.15, 0.2) is 0 Å². The molecule has 0 radical (unpaired) electrons. The zero-order valence-electron chi connectivity index (χ0n) is 9.50. The molecule has 4 nitrogen and oxygen atoms in total. The second-order valence-electron chi connectivity index (χ2n) is 4.08. The smallest absolute Gasteiger partial charge is 0.381 e. The Bertz CT molecular complexity index is 252. The van der Waals surface area contributed by atoms with Gasteiger partial charge in [0.25, 0.3) is 0 Å². The molecular weight excluding hydrogens is 237 g/mol. The van der Waals surface area contributed by atoms with E-state index in [0.717, 1.165) is 4.90 Å². The molecule has 0 aromatic carbocycles. The van der Waals surface area contributed by atoms with Crippen molar-refractivity contribution in [1.82, 2.24) is 4.90 Å². The van der Waals surface area contributed by atoms with Gasteiger partial charge in [-0.15, -0.1) is 0 Å². The number of carbonyl (C=O) groups is 1. The summed E-state index contributed by atoms with van der Waals surface area (Å²) in [4.78, 5) is 12.6. The van der Waals surface area contributed by atoms with E-state index in [1.807, 2.05) is 0 Å². The largest absolute Gasteiger partial charge is 0.406 e. The standard InChI is InChI=1S/C10H17F3N2O2/c11-10(12,13)7-15(4-3-14)9(16)8-2-1-5-17-6-8/h8H,1-7,14H2. The third-order valence-electron chi connectivity index (χ3n) is 2.59. The highest BCUT2D eigenvalue weighted by Gasteiger charge is 2.35. The number of nitrogens with two attached hydrogens (primary N) is 1. The van der Waals surface area contributed by atoms with Gasteiger partial charge in [0, 0.05) is 19.7 Å². The molecule has 1 heterocycles. The molecule has 0 spiro atoms. The van der Waals surface area contributed by atoms with Crippen molar-refractivity contribution >= 4 is 5.91 Å². The maximum Gasteiger partial charge on any atom is 0.406 e. The first kappa shape index (κ1) is 14.2. The number of carbonyl (C=O) groups excluding carboxylic acids is 1. The van der Waals surface area contributed by atoms with Gasteiger partial charge in [-0.1, -0.05) is 0 Å². The van der Waals surface area contributed by atoms with Crippen LogP contribution in [0.4, 0.5) is 13.2 Å². The fraction of sp³-hybridized carbons (Fsp3) is 0.900. The third-order valence-corrected chi connectivity index (χ3v) is 2.59. The van der Waals surface area contributed by atoms with Crippen molar-refractivity contribution in [3.8, 4) is 0 Å². The SMILES string of the molecule is NCCN(CC(F)(F)F)C(=O)C1CCCOC1. The summed E-state index contributed by atoms with van der Waals surface area (Å²) in [6.07, 6.45) is -3.10. The van der Waals surface area contributed by atoms with E-state index in [1.54, 1.807) is 0 Å². The van der Waals surface area contributed by atoms with E-state index in [1.165, 1.54) is 0 Å². The van der Waals surface area contributed by atoms with Crippen LogP contribution in [0.3, 0.4) is 0 Å². The van der Waals surface area contributed by atoms with Crippen LogP contribution in [-0.4, -0.2) is 49.8 Å². The molecule has 0 aliphatic carbocycles. The Balaban J connectivity index is 2.58. The molecule has 100 valence electrons. The molecule has 0 aromatic rings. The molecular formula is C10H17F3N2O2. The van der Waals surface area contributed by atoms with Gasteiger partial charge in [0.1, 0.15) is 6.54 Å². The van der Waals surface area contributed by atoms with Crippen molar-refractivity contribution < 1.29 is 22.7 Å². The van der Waals surface area contributed by atoms with Gasteiger partial charge >= 0.3 is 6.18 Å². The van der Waals surface area contributed by atoms with E-state index < -0.39 is 24.5 Å². The predicted octanol–water partition coefficient (Wildman–Crippen LogP) is 0.763. The molecule has 0 aromatic heterocycles. The van der Waals surface area contributed by atoms with Gasteiger partial charge in [0.15, 0.2) is 0 Å². The number of alkyl halides is 3. The predicted molar refractivity (Wildman–Crippen MR) is 55.2 cm³/mol. The molecule has 1 atom stereocenters. The lowest BCUT2D eigenvalue weighted by Gasteiger charge is -2.29. The highest BCUT2D eigenvalue weighted by atomic mass is 19.4. The first-order chi connectivity index (χ1) is 7.94. The first-order valence-electron chi connectivity index (χ1n) is 5.57. The lowest BCUT2D eigenvalue weighted by atomic mass is 10.0. The average Bonchev–Trinajstić information content (AvgIpc) is 2.27. The fourth-order valence-electron chi connectivity index (χ4n) is 1.83. The van der Waals surface area contributed by atoms with Crippen molar-refractivity contribution in [3.05, 3.63) is 0 Å². The maximum absolute atomic E-state index is 12.3. The molecule has 1 aliphatic heterocycles. The van der Waals surface area contributed by atoms with E-state index in [2.05, 4.69) is 0 Å². The summed E-state index contributed by atoms with van der Waals surface area (Å²) in [5.41, 5.74) is 5.22. The number of halogens is 3. The summed E-state index contributed by atoms with van der Waals surface area (Å²) in [6.45, 7) is -0.512. The molecule has 1 fully saturated rings. The second-order valence-corrected chi connectivity index (χ2v) is 4.08. The van der Waals surface area contributed by atoms with Crippen molar-refractivity contribution in [3.63, 3.8) is 0 Å². The Labute approximate surface area is 97.9 Å². The first-order valence-corrected chi connectivity index (χ1v) is 5.57. The number of rotatable bonds is 4. The number of nitrogens with zero attached hydrogens (tertiary/aromatic N) is 1. The highest BCUT2D eigenvalue weighted by molar-refractivity contribution is 5.79. The monoisotopic (exact) mass is 254 g/mol. The van der Waals surface area contributed by atoms with E-state index in [0.29, 0.717) is 19.4 Å². The van der Waals surface area contributed by atoms with E-state index >= 15 is 0 Å². The van der Waals surface area contributed by atoms with Crippen LogP contribution in [-0.2, 0) is 9.53 Å². The molecule has 1 saturated heterocycles. The molecule has 0 saturated carbocycles. The topological polar surface area (TPSA) is 55.6 Å². The number of ether oxygens (including phenoxy) is 1. The highest BCUT2D eigenvalue weighted by Crippen LogP contribution is 2.21. The van der Waals surface area contributed by atoms with Gasteiger partial charge in [-0.25, -0.2) is 0 Å². The molecule has 0 bridgehead atoms. The van der Waals surface area contributed by atoms with Crippen LogP contribution in [0.2, 0.25) is 0 Å². The molecule has 2 N–H and O–H groups in total. The molecule has 1 aliphatic rings. The Kier molecular flexibility index (Phi) is 5.20. The zero-order valence-corrected chi connectivity index (χ0v) is 9.50. The maximum atomic E-state index is 12.3. The Morgan fingerprint density at radius 3 is 2.65 bits per heavy atom. The van der Waals surface area contributed by atoms with E-state index in [-0.39, 0.29) is 19.7 Å². The fourth-order valence-corrected chi connectivity index (χ4v) is 1.83. The zero-order chi connectivity index (χ0) is 12.9. The van der Waals surface area contributed by atoms with Gasteiger partial charge < -0.3 is 15.4 Å². The summed E-state index contributed by atoms with van der Waals surface area (Å²) < 4.78 is 42.0. The second kappa shape index (κ2) is 6.20. The summed E-state index contributed by atoms with van der Waals surface area (Å²) in [5.74, 6) is -0.967. The summed E-state index contributed by atoms with van der Waals surface area (Å²) in [7, 11) is 0. The lowest BCUT2D eigenvalue weighted by molar-refractivity contribution is -0.165. The number of hydrogen-bond acceptors (Lipinski definition) is 3. The number of hydrogen-bond donors (Lipinski definition) is 1. The molecule has 17 heavy (non-hydrogen) atoms. The van der Waals surface area contributed by atoms with Crippen LogP contribution in [0.1, 0.15) is 12.8 Å².